The Morgan fingerprint density at radius 1 is 0.696 bits per heavy atom. The van der Waals surface area contributed by atoms with Crippen molar-refractivity contribution < 1.29 is 19.1 Å². The van der Waals surface area contributed by atoms with Crippen molar-refractivity contribution in [3.63, 3.8) is 0 Å². The predicted octanol–water partition coefficient (Wildman–Crippen LogP) is 8.49. The number of ether oxygens (including phenoxy) is 2. The van der Waals surface area contributed by atoms with Gasteiger partial charge >= 0.3 is 11.9 Å². The molecule has 8 heteroatoms. The Hall–Kier alpha value is -4.69. The normalized spacial score (nSPS) is 12.3. The molecule has 0 bridgehead atoms. The van der Waals surface area contributed by atoms with E-state index >= 15 is 0 Å². The number of hydrogen-bond donors (Lipinski definition) is 0. The van der Waals surface area contributed by atoms with Crippen molar-refractivity contribution >= 4 is 23.7 Å². The SMILES string of the molecule is CCCCCCc1nc(SC(c2ccccc2)c2ccccc2C(=O)OC)nn1C(c1ccccc1)c1ccccc1C(=O)OC. The van der Waals surface area contributed by atoms with Crippen LogP contribution in [0.5, 0.6) is 0 Å². The Bertz CT molecular complexity index is 1740. The lowest BCUT2D eigenvalue weighted by molar-refractivity contribution is 0.0590. The predicted molar refractivity (Wildman–Crippen MR) is 181 cm³/mol. The van der Waals surface area contributed by atoms with E-state index < -0.39 is 18.0 Å². The van der Waals surface area contributed by atoms with Crippen molar-refractivity contribution in [2.45, 2.75) is 55.5 Å². The smallest absolute Gasteiger partial charge is 0.338 e. The highest BCUT2D eigenvalue weighted by Crippen LogP contribution is 2.42. The molecule has 0 radical (unpaired) electrons. The van der Waals surface area contributed by atoms with Crippen LogP contribution >= 0.6 is 11.8 Å². The van der Waals surface area contributed by atoms with E-state index in [0.717, 1.165) is 60.2 Å². The Morgan fingerprint density at radius 3 is 1.85 bits per heavy atom. The number of carbonyl (C=O) groups is 2. The number of aromatic nitrogens is 3. The molecule has 1 aromatic heterocycles. The third-order valence-corrected chi connectivity index (χ3v) is 9.08. The summed E-state index contributed by atoms with van der Waals surface area (Å²) in [6.07, 6.45) is 5.05. The fraction of sp³-hybridized carbons (Fsp3) is 0.263. The molecule has 46 heavy (non-hydrogen) atoms. The van der Waals surface area contributed by atoms with E-state index in [-0.39, 0.29) is 5.25 Å². The molecule has 0 aliphatic heterocycles. The van der Waals surface area contributed by atoms with E-state index in [1.165, 1.54) is 26.0 Å². The van der Waals surface area contributed by atoms with Crippen molar-refractivity contribution in [2.75, 3.05) is 14.2 Å². The number of benzene rings is 4. The largest absolute Gasteiger partial charge is 0.465 e. The summed E-state index contributed by atoms with van der Waals surface area (Å²) in [7, 11) is 2.80. The molecule has 0 aliphatic carbocycles. The van der Waals surface area contributed by atoms with Crippen LogP contribution in [0.4, 0.5) is 0 Å². The number of nitrogens with zero attached hydrogens (tertiary/aromatic N) is 3. The van der Waals surface area contributed by atoms with Gasteiger partial charge in [-0.3, -0.25) is 0 Å². The minimum Gasteiger partial charge on any atom is -0.465 e. The molecule has 2 unspecified atom stereocenters. The van der Waals surface area contributed by atoms with Crippen LogP contribution in [0.15, 0.2) is 114 Å². The Kier molecular flexibility index (Phi) is 11.4. The van der Waals surface area contributed by atoms with Gasteiger partial charge in [0, 0.05) is 6.42 Å². The number of esters is 2. The highest BCUT2D eigenvalue weighted by molar-refractivity contribution is 7.99. The van der Waals surface area contributed by atoms with Crippen LogP contribution in [-0.2, 0) is 15.9 Å². The third-order valence-electron chi connectivity index (χ3n) is 7.93. The first kappa shape index (κ1) is 32.7. The lowest BCUT2D eigenvalue weighted by Gasteiger charge is -2.22. The molecule has 0 saturated carbocycles. The highest BCUT2D eigenvalue weighted by atomic mass is 32.2. The van der Waals surface area contributed by atoms with Crippen molar-refractivity contribution in [2.24, 2.45) is 0 Å². The first-order chi connectivity index (χ1) is 22.5. The van der Waals surface area contributed by atoms with Crippen LogP contribution in [0.2, 0.25) is 0 Å². The lowest BCUT2D eigenvalue weighted by atomic mass is 9.94. The van der Waals surface area contributed by atoms with Gasteiger partial charge in [-0.25, -0.2) is 19.3 Å². The summed E-state index contributed by atoms with van der Waals surface area (Å²) in [6, 6.07) is 34.7. The second kappa shape index (κ2) is 16.0. The van der Waals surface area contributed by atoms with Gasteiger partial charge in [0.1, 0.15) is 11.9 Å². The maximum atomic E-state index is 13.0. The third kappa shape index (κ3) is 7.57. The van der Waals surface area contributed by atoms with Gasteiger partial charge in [-0.1, -0.05) is 135 Å². The van der Waals surface area contributed by atoms with Gasteiger partial charge in [0.2, 0.25) is 5.16 Å². The molecule has 0 spiro atoms. The Balaban J connectivity index is 1.66. The maximum absolute atomic E-state index is 13.0. The van der Waals surface area contributed by atoms with Crippen LogP contribution in [0.25, 0.3) is 0 Å². The number of carbonyl (C=O) groups excluding carboxylic acids is 2. The van der Waals surface area contributed by atoms with Crippen molar-refractivity contribution in [3.8, 4) is 0 Å². The summed E-state index contributed by atoms with van der Waals surface area (Å²) >= 11 is 1.50. The number of unbranched alkanes of at least 4 members (excludes halogenated alkanes) is 3. The van der Waals surface area contributed by atoms with Crippen LogP contribution < -0.4 is 0 Å². The van der Waals surface area contributed by atoms with Crippen molar-refractivity contribution in [1.82, 2.24) is 14.8 Å². The second-order valence-corrected chi connectivity index (χ2v) is 12.0. The monoisotopic (exact) mass is 633 g/mol. The molecular weight excluding hydrogens is 595 g/mol. The average Bonchev–Trinajstić information content (AvgIpc) is 3.51. The molecular formula is C38H39N3O4S. The lowest BCUT2D eigenvalue weighted by Crippen LogP contribution is -2.20. The number of aryl methyl sites for hydroxylation is 1. The minimum absolute atomic E-state index is 0.280. The zero-order chi connectivity index (χ0) is 32.3. The fourth-order valence-corrected chi connectivity index (χ4v) is 6.79. The summed E-state index contributed by atoms with van der Waals surface area (Å²) in [5.74, 6) is 0.0373. The summed E-state index contributed by atoms with van der Waals surface area (Å²) in [6.45, 7) is 2.20. The second-order valence-electron chi connectivity index (χ2n) is 10.9. The van der Waals surface area contributed by atoms with E-state index in [9.17, 15) is 9.59 Å². The van der Waals surface area contributed by atoms with E-state index in [1.54, 1.807) is 12.1 Å². The van der Waals surface area contributed by atoms with E-state index in [4.69, 9.17) is 19.6 Å². The van der Waals surface area contributed by atoms with Crippen LogP contribution in [0.3, 0.4) is 0 Å². The number of rotatable bonds is 14. The van der Waals surface area contributed by atoms with Gasteiger partial charge in [0.05, 0.1) is 30.6 Å². The molecule has 236 valence electrons. The van der Waals surface area contributed by atoms with E-state index in [0.29, 0.717) is 16.3 Å². The molecule has 2 atom stereocenters. The summed E-state index contributed by atoms with van der Waals surface area (Å²) in [5.41, 5.74) is 4.58. The first-order valence-corrected chi connectivity index (χ1v) is 16.5. The average molecular weight is 634 g/mol. The molecule has 5 aromatic rings. The molecule has 0 saturated heterocycles. The quantitative estimate of drug-likeness (QED) is 0.0689. The van der Waals surface area contributed by atoms with Gasteiger partial charge in [0.15, 0.2) is 0 Å². The molecule has 0 N–H and O–H groups in total. The van der Waals surface area contributed by atoms with Crippen LogP contribution in [0, 0.1) is 0 Å². The van der Waals surface area contributed by atoms with Crippen molar-refractivity contribution in [1.29, 1.82) is 0 Å². The highest BCUT2D eigenvalue weighted by Gasteiger charge is 2.29. The first-order valence-electron chi connectivity index (χ1n) is 15.6. The van der Waals surface area contributed by atoms with Gasteiger partial charge in [-0.2, -0.15) is 0 Å². The molecule has 0 fully saturated rings. The van der Waals surface area contributed by atoms with Crippen LogP contribution in [0.1, 0.15) is 92.7 Å². The number of methoxy groups -OCH3 is 2. The summed E-state index contributed by atoms with van der Waals surface area (Å²) < 4.78 is 12.3. The molecule has 7 nitrogen and oxygen atoms in total. The molecule has 1 heterocycles. The topological polar surface area (TPSA) is 83.3 Å². The minimum atomic E-state index is -0.419. The summed E-state index contributed by atoms with van der Waals surface area (Å²) in [5, 5.41) is 5.47. The van der Waals surface area contributed by atoms with Crippen molar-refractivity contribution in [3.05, 3.63) is 148 Å². The zero-order valence-electron chi connectivity index (χ0n) is 26.5. The number of hydrogen-bond acceptors (Lipinski definition) is 7. The fourth-order valence-electron chi connectivity index (χ4n) is 5.66. The molecule has 5 rings (SSSR count). The Morgan fingerprint density at radius 2 is 1.24 bits per heavy atom. The van der Waals surface area contributed by atoms with E-state index in [2.05, 4.69) is 6.92 Å². The number of thioether (sulfide) groups is 1. The van der Waals surface area contributed by atoms with Crippen LogP contribution in [-0.4, -0.2) is 40.9 Å². The molecule has 0 amide bonds. The van der Waals surface area contributed by atoms with E-state index in [1.807, 2.05) is 102 Å². The zero-order valence-corrected chi connectivity index (χ0v) is 27.3. The summed E-state index contributed by atoms with van der Waals surface area (Å²) in [4.78, 5) is 31.0. The standard InChI is InChI=1S/C38H39N3O4S/c1-4-5-6-13-26-33-39-38(46-35(28-20-11-8-12-21-28)30-23-15-17-25-32(30)37(43)45-3)40-41(33)34(27-18-9-7-10-19-27)29-22-14-16-24-31(29)36(42)44-2/h7-12,14-25,34-35H,4-6,13,26H2,1-3H3. The van der Waals surface area contributed by atoms with Gasteiger partial charge in [-0.15, -0.1) is 5.10 Å². The maximum Gasteiger partial charge on any atom is 0.338 e. The molecule has 4 aromatic carbocycles. The van der Waals surface area contributed by atoms with Gasteiger partial charge in [0.25, 0.3) is 0 Å². The van der Waals surface area contributed by atoms with Gasteiger partial charge < -0.3 is 9.47 Å². The Labute approximate surface area is 275 Å². The molecule has 0 aliphatic rings. The van der Waals surface area contributed by atoms with Gasteiger partial charge in [-0.05, 0) is 40.8 Å².